The van der Waals surface area contributed by atoms with Crippen molar-refractivity contribution < 1.29 is 14.3 Å². The van der Waals surface area contributed by atoms with E-state index >= 15 is 0 Å². The van der Waals surface area contributed by atoms with Crippen molar-refractivity contribution in [1.29, 1.82) is 0 Å². The lowest BCUT2D eigenvalue weighted by atomic mass is 9.75. The van der Waals surface area contributed by atoms with E-state index in [9.17, 15) is 9.59 Å². The zero-order chi connectivity index (χ0) is 25.1. The minimum absolute atomic E-state index is 0. The van der Waals surface area contributed by atoms with Gasteiger partial charge < -0.3 is 15.0 Å². The second-order valence-electron chi connectivity index (χ2n) is 10.7. The van der Waals surface area contributed by atoms with E-state index in [2.05, 4.69) is 40.5 Å². The molecule has 3 aliphatic rings. The SMILES string of the molecule is CCC(=O)C([C@@H]1CNC[C@@H]1c1ccccc1)N1CCC2(CCN(Cc3ccc(OC)cc3)C2=O)CC1.Cl. The van der Waals surface area contributed by atoms with Crippen molar-refractivity contribution in [3.05, 3.63) is 65.7 Å². The Labute approximate surface area is 227 Å². The van der Waals surface area contributed by atoms with Gasteiger partial charge in [0.15, 0.2) is 0 Å². The van der Waals surface area contributed by atoms with Gasteiger partial charge in [-0.3, -0.25) is 14.5 Å². The van der Waals surface area contributed by atoms with Crippen LogP contribution < -0.4 is 10.1 Å². The molecule has 7 heteroatoms. The van der Waals surface area contributed by atoms with Crippen LogP contribution >= 0.6 is 12.4 Å². The summed E-state index contributed by atoms with van der Waals surface area (Å²) < 4.78 is 5.26. The van der Waals surface area contributed by atoms with Crippen LogP contribution in [0.15, 0.2) is 54.6 Å². The van der Waals surface area contributed by atoms with Crippen LogP contribution in [0.4, 0.5) is 0 Å². The zero-order valence-electron chi connectivity index (χ0n) is 22.0. The molecule has 3 aliphatic heterocycles. The lowest BCUT2D eigenvalue weighted by Crippen LogP contribution is -2.54. The first-order chi connectivity index (χ1) is 17.5. The molecule has 0 saturated carbocycles. The Hall–Kier alpha value is -2.41. The Balaban J connectivity index is 0.00000320. The lowest BCUT2D eigenvalue weighted by molar-refractivity contribution is -0.140. The highest BCUT2D eigenvalue weighted by Crippen LogP contribution is 2.44. The molecule has 1 spiro atoms. The summed E-state index contributed by atoms with van der Waals surface area (Å²) in [5.74, 6) is 2.06. The van der Waals surface area contributed by atoms with Crippen LogP contribution in [0.1, 0.15) is 49.7 Å². The topological polar surface area (TPSA) is 61.9 Å². The summed E-state index contributed by atoms with van der Waals surface area (Å²) in [4.78, 5) is 31.3. The van der Waals surface area contributed by atoms with Crippen LogP contribution in [0.5, 0.6) is 5.75 Å². The predicted octanol–water partition coefficient (Wildman–Crippen LogP) is 4.28. The van der Waals surface area contributed by atoms with Crippen LogP contribution in [0, 0.1) is 11.3 Å². The molecule has 0 aromatic heterocycles. The predicted molar refractivity (Wildman–Crippen MR) is 148 cm³/mol. The third-order valence-electron chi connectivity index (χ3n) is 8.85. The lowest BCUT2D eigenvalue weighted by Gasteiger charge is -2.43. The highest BCUT2D eigenvalue weighted by atomic mass is 35.5. The first kappa shape index (κ1) is 27.6. The van der Waals surface area contributed by atoms with E-state index in [0.29, 0.717) is 30.6 Å². The molecule has 6 nitrogen and oxygen atoms in total. The summed E-state index contributed by atoms with van der Waals surface area (Å²) in [5, 5.41) is 3.56. The molecule has 3 saturated heterocycles. The molecule has 1 amide bonds. The largest absolute Gasteiger partial charge is 0.497 e. The number of carbonyl (C=O) groups is 2. The molecule has 0 bridgehead atoms. The number of carbonyl (C=O) groups excluding carboxylic acids is 2. The number of ether oxygens (including phenoxy) is 1. The maximum absolute atomic E-state index is 13.6. The summed E-state index contributed by atoms with van der Waals surface area (Å²) in [6.45, 7) is 6.86. The van der Waals surface area contributed by atoms with Gasteiger partial charge in [-0.2, -0.15) is 0 Å². The molecule has 5 rings (SSSR count). The molecule has 0 radical (unpaired) electrons. The number of benzene rings is 2. The molecule has 3 fully saturated rings. The molecule has 3 atom stereocenters. The third-order valence-corrected chi connectivity index (χ3v) is 8.85. The van der Waals surface area contributed by atoms with Gasteiger partial charge >= 0.3 is 0 Å². The number of ketones is 1. The Morgan fingerprint density at radius 3 is 2.35 bits per heavy atom. The Morgan fingerprint density at radius 1 is 1.03 bits per heavy atom. The molecule has 3 heterocycles. The van der Waals surface area contributed by atoms with Crippen molar-refractivity contribution >= 4 is 24.1 Å². The fraction of sp³-hybridized carbons (Fsp3) is 0.533. The minimum atomic E-state index is -0.268. The van der Waals surface area contributed by atoms with Gasteiger partial charge in [-0.05, 0) is 55.6 Å². The van der Waals surface area contributed by atoms with Gasteiger partial charge in [-0.1, -0.05) is 49.4 Å². The van der Waals surface area contributed by atoms with Crippen LogP contribution in [0.3, 0.4) is 0 Å². The first-order valence-corrected chi connectivity index (χ1v) is 13.5. The summed E-state index contributed by atoms with van der Waals surface area (Å²) in [7, 11) is 1.67. The summed E-state index contributed by atoms with van der Waals surface area (Å²) in [5.41, 5.74) is 2.18. The molecule has 1 unspecified atom stereocenters. The quantitative estimate of drug-likeness (QED) is 0.557. The summed E-state index contributed by atoms with van der Waals surface area (Å²) in [6.07, 6.45) is 3.15. The smallest absolute Gasteiger partial charge is 0.229 e. The van der Waals surface area contributed by atoms with E-state index in [1.165, 1.54) is 5.56 Å². The Kier molecular flexibility index (Phi) is 8.94. The first-order valence-electron chi connectivity index (χ1n) is 13.5. The van der Waals surface area contributed by atoms with Gasteiger partial charge in [0.05, 0.1) is 18.6 Å². The van der Waals surface area contributed by atoms with E-state index in [1.807, 2.05) is 36.1 Å². The van der Waals surface area contributed by atoms with Crippen molar-refractivity contribution in [2.75, 3.05) is 39.8 Å². The van der Waals surface area contributed by atoms with Crippen molar-refractivity contribution in [3.8, 4) is 5.75 Å². The number of piperidine rings is 1. The monoisotopic (exact) mass is 525 g/mol. The molecule has 2 aromatic carbocycles. The number of hydrogen-bond donors (Lipinski definition) is 1. The van der Waals surface area contributed by atoms with E-state index in [4.69, 9.17) is 4.74 Å². The van der Waals surface area contributed by atoms with E-state index in [1.54, 1.807) is 7.11 Å². The number of rotatable bonds is 8. The fourth-order valence-electron chi connectivity index (χ4n) is 6.71. The Bertz CT molecular complexity index is 1050. The van der Waals surface area contributed by atoms with Crippen molar-refractivity contribution in [3.63, 3.8) is 0 Å². The number of halogens is 1. The van der Waals surface area contributed by atoms with E-state index in [0.717, 1.165) is 63.3 Å². The summed E-state index contributed by atoms with van der Waals surface area (Å²) >= 11 is 0. The van der Waals surface area contributed by atoms with Gasteiger partial charge in [0.1, 0.15) is 11.5 Å². The maximum atomic E-state index is 13.6. The van der Waals surface area contributed by atoms with Crippen molar-refractivity contribution in [2.24, 2.45) is 11.3 Å². The van der Waals surface area contributed by atoms with Crippen molar-refractivity contribution in [1.82, 2.24) is 15.1 Å². The van der Waals surface area contributed by atoms with Crippen molar-refractivity contribution in [2.45, 2.75) is 51.1 Å². The summed E-state index contributed by atoms with van der Waals surface area (Å²) in [6, 6.07) is 18.5. The average molecular weight is 526 g/mol. The standard InChI is InChI=1S/C30H39N3O3.ClH/c1-3-27(34)28(26-20-31-19-25(26)23-7-5-4-6-8-23)32-16-13-30(14-17-32)15-18-33(29(30)35)21-22-9-11-24(36-2)12-10-22;/h4-12,25-26,28,31H,3,13-21H2,1-2H3;1H/t25-,26-,28?;/m1./s1. The van der Waals surface area contributed by atoms with Gasteiger partial charge in [0, 0.05) is 44.4 Å². The van der Waals surface area contributed by atoms with Crippen LogP contribution in [-0.4, -0.2) is 67.4 Å². The highest BCUT2D eigenvalue weighted by molar-refractivity contribution is 5.86. The van der Waals surface area contributed by atoms with Crippen LogP contribution in [-0.2, 0) is 16.1 Å². The molecule has 37 heavy (non-hydrogen) atoms. The minimum Gasteiger partial charge on any atom is -0.497 e. The molecule has 0 aliphatic carbocycles. The van der Waals surface area contributed by atoms with Gasteiger partial charge in [0.2, 0.25) is 5.91 Å². The van der Waals surface area contributed by atoms with Gasteiger partial charge in [-0.25, -0.2) is 0 Å². The number of nitrogens with one attached hydrogen (secondary N) is 1. The number of methoxy groups -OCH3 is 1. The molecule has 1 N–H and O–H groups in total. The zero-order valence-corrected chi connectivity index (χ0v) is 22.8. The second-order valence-corrected chi connectivity index (χ2v) is 10.7. The third kappa shape index (κ3) is 5.57. The number of nitrogens with zero attached hydrogens (tertiary/aromatic N) is 2. The highest BCUT2D eigenvalue weighted by Gasteiger charge is 2.50. The number of likely N-dealkylation sites (tertiary alicyclic amines) is 2. The Morgan fingerprint density at radius 2 is 1.70 bits per heavy atom. The van der Waals surface area contributed by atoms with Crippen LogP contribution in [0.25, 0.3) is 0 Å². The number of amides is 1. The second kappa shape index (κ2) is 12.0. The van der Waals surface area contributed by atoms with Gasteiger partial charge in [0.25, 0.3) is 0 Å². The molecular formula is C30H40ClN3O3. The normalized spacial score (nSPS) is 24.2. The average Bonchev–Trinajstić information content (AvgIpc) is 3.52. The molecule has 200 valence electrons. The molecular weight excluding hydrogens is 486 g/mol. The fourth-order valence-corrected chi connectivity index (χ4v) is 6.71. The van der Waals surface area contributed by atoms with Crippen LogP contribution in [0.2, 0.25) is 0 Å². The number of Topliss-reactive ketones (excluding diaryl/α,β-unsaturated/α-hetero) is 1. The van der Waals surface area contributed by atoms with E-state index in [-0.39, 0.29) is 29.8 Å². The number of hydrogen-bond acceptors (Lipinski definition) is 5. The van der Waals surface area contributed by atoms with E-state index < -0.39 is 0 Å². The maximum Gasteiger partial charge on any atom is 0.229 e. The molecule has 2 aromatic rings. The van der Waals surface area contributed by atoms with Gasteiger partial charge in [-0.15, -0.1) is 12.4 Å².